The van der Waals surface area contributed by atoms with Crippen LogP contribution in [0.4, 0.5) is 0 Å². The Bertz CT molecular complexity index is 1110. The molecule has 7 heteroatoms. The summed E-state index contributed by atoms with van der Waals surface area (Å²) in [6, 6.07) is 14.0. The number of benzene rings is 2. The van der Waals surface area contributed by atoms with E-state index in [0.29, 0.717) is 35.2 Å². The molecule has 7 nitrogen and oxygen atoms in total. The fourth-order valence-corrected chi connectivity index (χ4v) is 2.85. The van der Waals surface area contributed by atoms with Crippen molar-refractivity contribution in [2.45, 2.75) is 20.8 Å². The van der Waals surface area contributed by atoms with E-state index in [2.05, 4.69) is 15.3 Å². The molecule has 0 unspecified atom stereocenters. The summed E-state index contributed by atoms with van der Waals surface area (Å²) in [5.74, 6) is 0.891. The number of aryl methyl sites for hydroxylation is 1. The molecule has 2 aromatic carbocycles. The van der Waals surface area contributed by atoms with E-state index in [9.17, 15) is 14.7 Å². The second-order valence-electron chi connectivity index (χ2n) is 7.50. The van der Waals surface area contributed by atoms with Gasteiger partial charge in [-0.3, -0.25) is 4.79 Å². The first kappa shape index (κ1) is 21.1. The lowest BCUT2D eigenvalue weighted by molar-refractivity contribution is -0.123. The standard InChI is InChI=1S/C23H25N3O4/c1-14(2)12-24-22(28)13-30-18-6-4-5-16(10-18)19-11-20(26-23(29)25-19)17-7-8-21(27)15(3)9-17/h4-11,14,27H,12-13H2,1-3H3,(H,24,28)(H,25,26,29). The normalized spacial score (nSPS) is 10.8. The minimum absolute atomic E-state index is 0.0823. The number of aromatic nitrogens is 2. The number of aromatic hydroxyl groups is 1. The maximum atomic E-state index is 12.1. The summed E-state index contributed by atoms with van der Waals surface area (Å²) in [6.45, 7) is 6.34. The lowest BCUT2D eigenvalue weighted by atomic mass is 10.1. The van der Waals surface area contributed by atoms with E-state index in [1.807, 2.05) is 19.9 Å². The molecule has 156 valence electrons. The van der Waals surface area contributed by atoms with Gasteiger partial charge in [0, 0.05) is 17.7 Å². The van der Waals surface area contributed by atoms with Gasteiger partial charge in [-0.05, 0) is 54.8 Å². The van der Waals surface area contributed by atoms with Crippen LogP contribution in [0.1, 0.15) is 19.4 Å². The van der Waals surface area contributed by atoms with E-state index >= 15 is 0 Å². The highest BCUT2D eigenvalue weighted by atomic mass is 16.5. The highest BCUT2D eigenvalue weighted by Gasteiger charge is 2.09. The van der Waals surface area contributed by atoms with Crippen LogP contribution in [0, 0.1) is 12.8 Å². The van der Waals surface area contributed by atoms with Gasteiger partial charge in [0.05, 0.1) is 11.4 Å². The van der Waals surface area contributed by atoms with Gasteiger partial charge in [0.15, 0.2) is 6.61 Å². The third kappa shape index (κ3) is 5.47. The lowest BCUT2D eigenvalue weighted by Gasteiger charge is -2.10. The molecule has 0 radical (unpaired) electrons. The summed E-state index contributed by atoms with van der Waals surface area (Å²) in [4.78, 5) is 30.8. The van der Waals surface area contributed by atoms with Crippen LogP contribution in [-0.4, -0.2) is 34.1 Å². The maximum absolute atomic E-state index is 12.1. The van der Waals surface area contributed by atoms with Crippen LogP contribution in [0.3, 0.4) is 0 Å². The molecule has 30 heavy (non-hydrogen) atoms. The van der Waals surface area contributed by atoms with Crippen molar-refractivity contribution in [1.82, 2.24) is 15.3 Å². The Kier molecular flexibility index (Phi) is 6.51. The molecule has 0 saturated heterocycles. The number of amides is 1. The van der Waals surface area contributed by atoms with Crippen molar-refractivity contribution < 1.29 is 14.6 Å². The molecular weight excluding hydrogens is 382 g/mol. The SMILES string of the molecule is Cc1cc(-c2cc(-c3cccc(OCC(=O)NCC(C)C)c3)[nH]c(=O)n2)ccc1O. The first-order valence-electron chi connectivity index (χ1n) is 9.73. The van der Waals surface area contributed by atoms with E-state index in [1.165, 1.54) is 0 Å². The third-order valence-electron chi connectivity index (χ3n) is 4.46. The topological polar surface area (TPSA) is 104 Å². The summed E-state index contributed by atoms with van der Waals surface area (Å²) in [7, 11) is 0. The second-order valence-corrected chi connectivity index (χ2v) is 7.50. The summed E-state index contributed by atoms with van der Waals surface area (Å²) >= 11 is 0. The van der Waals surface area contributed by atoms with Crippen molar-refractivity contribution in [3.8, 4) is 34.0 Å². The summed E-state index contributed by atoms with van der Waals surface area (Å²) in [5.41, 5.74) is 2.75. The number of aromatic amines is 1. The van der Waals surface area contributed by atoms with Crippen LogP contribution in [-0.2, 0) is 4.79 Å². The molecule has 0 fully saturated rings. The zero-order chi connectivity index (χ0) is 21.7. The number of nitrogens with one attached hydrogen (secondary N) is 2. The number of phenols is 1. The quantitative estimate of drug-likeness (QED) is 0.558. The van der Waals surface area contributed by atoms with Gasteiger partial charge in [0.2, 0.25) is 0 Å². The van der Waals surface area contributed by atoms with E-state index in [4.69, 9.17) is 4.74 Å². The van der Waals surface area contributed by atoms with Crippen molar-refractivity contribution in [2.75, 3.05) is 13.2 Å². The Labute approximate surface area is 174 Å². The molecule has 0 atom stereocenters. The van der Waals surface area contributed by atoms with Crippen LogP contribution in [0.25, 0.3) is 22.5 Å². The molecule has 0 bridgehead atoms. The minimum atomic E-state index is -0.479. The molecule has 0 aliphatic rings. The van der Waals surface area contributed by atoms with Gasteiger partial charge in [0.1, 0.15) is 11.5 Å². The lowest BCUT2D eigenvalue weighted by Crippen LogP contribution is -2.31. The molecule has 3 N–H and O–H groups in total. The van der Waals surface area contributed by atoms with Crippen LogP contribution in [0.2, 0.25) is 0 Å². The Morgan fingerprint density at radius 3 is 2.70 bits per heavy atom. The number of ether oxygens (including phenoxy) is 1. The number of nitrogens with zero attached hydrogens (tertiary/aromatic N) is 1. The first-order valence-corrected chi connectivity index (χ1v) is 9.73. The molecule has 0 spiro atoms. The first-order chi connectivity index (χ1) is 14.3. The Morgan fingerprint density at radius 1 is 1.17 bits per heavy atom. The van der Waals surface area contributed by atoms with Gasteiger partial charge < -0.3 is 20.1 Å². The van der Waals surface area contributed by atoms with Gasteiger partial charge >= 0.3 is 5.69 Å². The second kappa shape index (κ2) is 9.26. The molecule has 3 aromatic rings. The highest BCUT2D eigenvalue weighted by molar-refractivity contribution is 5.77. The van der Waals surface area contributed by atoms with E-state index in [1.54, 1.807) is 49.4 Å². The summed E-state index contributed by atoms with van der Waals surface area (Å²) < 4.78 is 5.59. The number of hydrogen-bond donors (Lipinski definition) is 3. The zero-order valence-corrected chi connectivity index (χ0v) is 17.2. The van der Waals surface area contributed by atoms with Crippen molar-refractivity contribution >= 4 is 5.91 Å². The van der Waals surface area contributed by atoms with Crippen LogP contribution in [0.15, 0.2) is 53.3 Å². The monoisotopic (exact) mass is 407 g/mol. The predicted octanol–water partition coefficient (Wildman–Crippen LogP) is 3.27. The molecule has 1 aromatic heterocycles. The number of phenolic OH excluding ortho intramolecular Hbond substituents is 1. The van der Waals surface area contributed by atoms with Gasteiger partial charge in [-0.2, -0.15) is 4.98 Å². The van der Waals surface area contributed by atoms with E-state index in [0.717, 1.165) is 11.1 Å². The number of carbonyl (C=O) groups is 1. The van der Waals surface area contributed by atoms with E-state index < -0.39 is 5.69 Å². The molecule has 1 heterocycles. The third-order valence-corrected chi connectivity index (χ3v) is 4.46. The molecule has 0 aliphatic heterocycles. The Hall–Kier alpha value is -3.61. The molecule has 0 saturated carbocycles. The number of hydrogen-bond acceptors (Lipinski definition) is 5. The highest BCUT2D eigenvalue weighted by Crippen LogP contribution is 2.27. The molecule has 3 rings (SSSR count). The minimum Gasteiger partial charge on any atom is -0.508 e. The number of rotatable bonds is 7. The fraction of sp³-hybridized carbons (Fsp3) is 0.261. The molecular formula is C23H25N3O4. The van der Waals surface area contributed by atoms with Crippen LogP contribution < -0.4 is 15.7 Å². The average molecular weight is 407 g/mol. The summed E-state index contributed by atoms with van der Waals surface area (Å²) in [5, 5.41) is 12.5. The zero-order valence-electron chi connectivity index (χ0n) is 17.2. The smallest absolute Gasteiger partial charge is 0.345 e. The van der Waals surface area contributed by atoms with Crippen LogP contribution in [0.5, 0.6) is 11.5 Å². The van der Waals surface area contributed by atoms with Crippen molar-refractivity contribution in [3.63, 3.8) is 0 Å². The summed E-state index contributed by atoms with van der Waals surface area (Å²) in [6.07, 6.45) is 0. The van der Waals surface area contributed by atoms with Gasteiger partial charge in [0.25, 0.3) is 5.91 Å². The predicted molar refractivity (Wildman–Crippen MR) is 115 cm³/mol. The largest absolute Gasteiger partial charge is 0.508 e. The van der Waals surface area contributed by atoms with Gasteiger partial charge in [-0.25, -0.2) is 4.79 Å². The Balaban J connectivity index is 1.81. The van der Waals surface area contributed by atoms with E-state index in [-0.39, 0.29) is 18.3 Å². The molecule has 0 aliphatic carbocycles. The molecule has 1 amide bonds. The number of carbonyl (C=O) groups excluding carboxylic acids is 1. The van der Waals surface area contributed by atoms with Gasteiger partial charge in [-0.15, -0.1) is 0 Å². The fourth-order valence-electron chi connectivity index (χ4n) is 2.85. The van der Waals surface area contributed by atoms with Crippen LogP contribution >= 0.6 is 0 Å². The average Bonchev–Trinajstić information content (AvgIpc) is 2.72. The Morgan fingerprint density at radius 2 is 1.97 bits per heavy atom. The maximum Gasteiger partial charge on any atom is 0.345 e. The van der Waals surface area contributed by atoms with Gasteiger partial charge in [-0.1, -0.05) is 26.0 Å². The van der Waals surface area contributed by atoms with Crippen molar-refractivity contribution in [2.24, 2.45) is 5.92 Å². The van der Waals surface area contributed by atoms with Crippen molar-refractivity contribution in [1.29, 1.82) is 0 Å². The van der Waals surface area contributed by atoms with Crippen molar-refractivity contribution in [3.05, 3.63) is 64.6 Å². The number of H-pyrrole nitrogens is 1.